The van der Waals surface area contributed by atoms with E-state index in [0.29, 0.717) is 11.5 Å². The van der Waals surface area contributed by atoms with Gasteiger partial charge in [-0.15, -0.1) is 0 Å². The van der Waals surface area contributed by atoms with Crippen LogP contribution in [-0.4, -0.2) is 19.4 Å². The molecule has 0 spiro atoms. The highest BCUT2D eigenvalue weighted by Gasteiger charge is 2.21. The Balaban J connectivity index is 1.46. The molecule has 4 aromatic heterocycles. The number of imidazole rings is 1. The molecule has 0 saturated heterocycles. The van der Waals surface area contributed by atoms with Crippen LogP contribution in [0.2, 0.25) is 0 Å². The number of fused-ring (bicyclic) bond motifs is 11. The number of rotatable bonds is 2. The molecule has 9 rings (SSSR count). The summed E-state index contributed by atoms with van der Waals surface area (Å²) in [7, 11) is 0. The first kappa shape index (κ1) is 21.4. The Morgan fingerprint density at radius 2 is 1.20 bits per heavy atom. The van der Waals surface area contributed by atoms with E-state index in [4.69, 9.17) is 19.4 Å². The highest BCUT2D eigenvalue weighted by molar-refractivity contribution is 6.14. The van der Waals surface area contributed by atoms with E-state index in [1.807, 2.05) is 48.5 Å². The van der Waals surface area contributed by atoms with Crippen LogP contribution in [0.3, 0.4) is 0 Å². The molecular weight excluding hydrogens is 492 g/mol. The molecular formula is C35H20N4O. The zero-order valence-corrected chi connectivity index (χ0v) is 21.2. The first-order chi connectivity index (χ1) is 19.8. The average molecular weight is 513 g/mol. The lowest BCUT2D eigenvalue weighted by molar-refractivity contribution is 0.669. The Bertz CT molecular complexity index is 2440. The van der Waals surface area contributed by atoms with Gasteiger partial charge in [-0.25, -0.2) is 15.0 Å². The normalized spacial score (nSPS) is 12.0. The molecule has 5 heteroatoms. The van der Waals surface area contributed by atoms with Gasteiger partial charge in [-0.1, -0.05) is 97.1 Å². The Morgan fingerprint density at radius 1 is 0.500 bits per heavy atom. The first-order valence-electron chi connectivity index (χ1n) is 13.3. The topological polar surface area (TPSA) is 56.2 Å². The van der Waals surface area contributed by atoms with Gasteiger partial charge in [0.25, 0.3) is 0 Å². The van der Waals surface area contributed by atoms with Gasteiger partial charge in [0.15, 0.2) is 11.5 Å². The third-order valence-electron chi connectivity index (χ3n) is 7.80. The van der Waals surface area contributed by atoms with Gasteiger partial charge in [0.2, 0.25) is 0 Å². The second-order valence-corrected chi connectivity index (χ2v) is 10.1. The number of pyridine rings is 1. The lowest BCUT2D eigenvalue weighted by atomic mass is 10.0. The van der Waals surface area contributed by atoms with Gasteiger partial charge in [0.1, 0.15) is 28.0 Å². The largest absolute Gasteiger partial charge is 0.456 e. The van der Waals surface area contributed by atoms with Crippen molar-refractivity contribution in [3.8, 4) is 22.6 Å². The summed E-state index contributed by atoms with van der Waals surface area (Å²) in [6.45, 7) is 0. The van der Waals surface area contributed by atoms with Gasteiger partial charge in [-0.2, -0.15) is 0 Å². The van der Waals surface area contributed by atoms with Crippen LogP contribution in [-0.2, 0) is 0 Å². The number of furan rings is 1. The Kier molecular flexibility index (Phi) is 4.27. The van der Waals surface area contributed by atoms with Gasteiger partial charge in [-0.05, 0) is 29.7 Å². The maximum Gasteiger partial charge on any atom is 0.183 e. The van der Waals surface area contributed by atoms with E-state index in [0.717, 1.165) is 66.2 Å². The minimum atomic E-state index is 0.643. The molecule has 40 heavy (non-hydrogen) atoms. The lowest BCUT2D eigenvalue weighted by Crippen LogP contribution is -1.97. The molecule has 0 aliphatic heterocycles. The minimum Gasteiger partial charge on any atom is -0.456 e. The molecule has 0 radical (unpaired) electrons. The van der Waals surface area contributed by atoms with Crippen LogP contribution in [0, 0.1) is 0 Å². The fourth-order valence-electron chi connectivity index (χ4n) is 6.00. The Hall–Kier alpha value is -5.55. The van der Waals surface area contributed by atoms with E-state index >= 15 is 0 Å². The van der Waals surface area contributed by atoms with Gasteiger partial charge < -0.3 is 4.42 Å². The van der Waals surface area contributed by atoms with Crippen molar-refractivity contribution in [3.05, 3.63) is 121 Å². The molecule has 5 nitrogen and oxygen atoms in total. The molecule has 0 saturated carbocycles. The number of benzene rings is 5. The zero-order chi connectivity index (χ0) is 26.2. The third kappa shape index (κ3) is 2.94. The fourth-order valence-corrected chi connectivity index (χ4v) is 6.00. The first-order valence-corrected chi connectivity index (χ1v) is 13.3. The molecule has 9 aromatic rings. The fraction of sp³-hybridized carbons (Fsp3) is 0. The number of para-hydroxylation sites is 2. The van der Waals surface area contributed by atoms with E-state index in [1.54, 1.807) is 0 Å². The van der Waals surface area contributed by atoms with Gasteiger partial charge in [-0.3, -0.25) is 4.40 Å². The maximum absolute atomic E-state index is 6.27. The minimum absolute atomic E-state index is 0.643. The summed E-state index contributed by atoms with van der Waals surface area (Å²) >= 11 is 0. The maximum atomic E-state index is 6.27. The molecule has 0 atom stereocenters. The standard InChI is InChI=1S/C35H20N4O/c1-2-10-21(11-3-1)33-36-31(22-18-19-26-25-14-7-9-17-29(25)40-30(26)20-22)32-34(37-33)38-35-27-15-5-4-12-23(27)24-13-6-8-16-28(24)39(32)35/h1-20H. The molecule has 5 aromatic carbocycles. The monoisotopic (exact) mass is 512 g/mol. The Morgan fingerprint density at radius 3 is 2.08 bits per heavy atom. The molecule has 0 fully saturated rings. The molecule has 0 N–H and O–H groups in total. The van der Waals surface area contributed by atoms with Crippen LogP contribution in [0.25, 0.3) is 83.1 Å². The lowest BCUT2D eigenvalue weighted by Gasteiger charge is -2.11. The highest BCUT2D eigenvalue weighted by Crippen LogP contribution is 2.38. The van der Waals surface area contributed by atoms with Crippen LogP contribution in [0.5, 0.6) is 0 Å². The quantitative estimate of drug-likeness (QED) is 0.217. The van der Waals surface area contributed by atoms with Gasteiger partial charge in [0, 0.05) is 32.7 Å². The van der Waals surface area contributed by atoms with Crippen molar-refractivity contribution in [2.45, 2.75) is 0 Å². The van der Waals surface area contributed by atoms with Gasteiger partial charge >= 0.3 is 0 Å². The summed E-state index contributed by atoms with van der Waals surface area (Å²) < 4.78 is 8.49. The predicted molar refractivity (Wildman–Crippen MR) is 161 cm³/mol. The van der Waals surface area contributed by atoms with E-state index in [2.05, 4.69) is 77.2 Å². The van der Waals surface area contributed by atoms with E-state index in [9.17, 15) is 0 Å². The summed E-state index contributed by atoms with van der Waals surface area (Å²) in [6.07, 6.45) is 0. The van der Waals surface area contributed by atoms with E-state index < -0.39 is 0 Å². The molecule has 0 unspecified atom stereocenters. The average Bonchev–Trinajstić information content (AvgIpc) is 3.60. The summed E-state index contributed by atoms with van der Waals surface area (Å²) in [6, 6.07) is 41.5. The molecule has 4 heterocycles. The van der Waals surface area contributed by atoms with Gasteiger partial charge in [0.05, 0.1) is 5.52 Å². The van der Waals surface area contributed by atoms with E-state index in [1.165, 1.54) is 5.39 Å². The smallest absolute Gasteiger partial charge is 0.183 e. The van der Waals surface area contributed by atoms with Crippen molar-refractivity contribution in [1.29, 1.82) is 0 Å². The number of hydrogen-bond acceptors (Lipinski definition) is 4. The number of hydrogen-bond donors (Lipinski definition) is 0. The van der Waals surface area contributed by atoms with Crippen LogP contribution in [0.15, 0.2) is 126 Å². The highest BCUT2D eigenvalue weighted by atomic mass is 16.3. The summed E-state index contributed by atoms with van der Waals surface area (Å²) in [5, 5.41) is 5.61. The van der Waals surface area contributed by atoms with E-state index in [-0.39, 0.29) is 0 Å². The zero-order valence-electron chi connectivity index (χ0n) is 21.2. The van der Waals surface area contributed by atoms with Crippen molar-refractivity contribution in [1.82, 2.24) is 19.4 Å². The molecule has 0 amide bonds. The number of nitrogens with zero attached hydrogens (tertiary/aromatic N) is 4. The summed E-state index contributed by atoms with van der Waals surface area (Å²) in [5.41, 5.74) is 7.91. The molecule has 186 valence electrons. The van der Waals surface area contributed by atoms with Crippen molar-refractivity contribution in [3.63, 3.8) is 0 Å². The number of aromatic nitrogens is 4. The van der Waals surface area contributed by atoms with Crippen molar-refractivity contribution >= 4 is 60.4 Å². The molecule has 0 bridgehead atoms. The molecule has 0 aliphatic rings. The second kappa shape index (κ2) is 7.98. The SMILES string of the molecule is c1ccc(-c2nc(-c3ccc4c(c3)oc3ccccc34)c3c(n2)nc2c4ccccc4c4ccccc4n23)cc1. The molecule has 0 aliphatic carbocycles. The Labute approximate surface area is 228 Å². The van der Waals surface area contributed by atoms with Crippen molar-refractivity contribution in [2.75, 3.05) is 0 Å². The van der Waals surface area contributed by atoms with Crippen LogP contribution < -0.4 is 0 Å². The van der Waals surface area contributed by atoms with Crippen LogP contribution in [0.4, 0.5) is 0 Å². The van der Waals surface area contributed by atoms with Crippen molar-refractivity contribution in [2.24, 2.45) is 0 Å². The third-order valence-corrected chi connectivity index (χ3v) is 7.80. The predicted octanol–water partition coefficient (Wildman–Crippen LogP) is 8.82. The van der Waals surface area contributed by atoms with Crippen LogP contribution >= 0.6 is 0 Å². The van der Waals surface area contributed by atoms with Crippen LogP contribution in [0.1, 0.15) is 0 Å². The second-order valence-electron chi connectivity index (χ2n) is 10.1. The summed E-state index contributed by atoms with van der Waals surface area (Å²) in [4.78, 5) is 15.4. The summed E-state index contributed by atoms with van der Waals surface area (Å²) in [5.74, 6) is 0.643. The van der Waals surface area contributed by atoms with Crippen molar-refractivity contribution < 1.29 is 4.42 Å².